The first-order chi connectivity index (χ1) is 13.5. The number of aromatic nitrogens is 2. The Morgan fingerprint density at radius 2 is 2.00 bits per heavy atom. The molecule has 6 heteroatoms. The van der Waals surface area contributed by atoms with Crippen LogP contribution >= 0.6 is 0 Å². The van der Waals surface area contributed by atoms with Crippen LogP contribution in [0.1, 0.15) is 43.6 Å². The van der Waals surface area contributed by atoms with Crippen LogP contribution in [0.2, 0.25) is 0 Å². The maximum Gasteiger partial charge on any atom is 0.271 e. The fourth-order valence-corrected chi connectivity index (χ4v) is 4.11. The molecule has 0 unspecified atom stereocenters. The molecule has 1 aliphatic carbocycles. The number of H-pyrrole nitrogens is 1. The minimum absolute atomic E-state index is 0.000200. The van der Waals surface area contributed by atoms with Gasteiger partial charge in [-0.2, -0.15) is 5.10 Å². The molecule has 0 bridgehead atoms. The summed E-state index contributed by atoms with van der Waals surface area (Å²) in [5.41, 5.74) is 1.95. The van der Waals surface area contributed by atoms with Gasteiger partial charge in [0.2, 0.25) is 0 Å². The van der Waals surface area contributed by atoms with Crippen LogP contribution < -0.4 is 0 Å². The van der Waals surface area contributed by atoms with Gasteiger partial charge in [-0.25, -0.2) is 4.39 Å². The standard InChI is InChI=1S/C22H29FN4O/c1-15(2)21-14-27(11-3-10-26(21)13-16-4-5-16)22(28)20-12-19(24-25-20)17-6-8-18(23)9-7-17/h6-9,12,15-16,21H,3-5,10-11,13-14H2,1-2H3,(H,24,25)/t21-/m0/s1. The molecule has 0 radical (unpaired) electrons. The van der Waals surface area contributed by atoms with E-state index in [0.29, 0.717) is 23.3 Å². The third-order valence-corrected chi connectivity index (χ3v) is 5.94. The van der Waals surface area contributed by atoms with Crippen molar-refractivity contribution < 1.29 is 9.18 Å². The second-order valence-corrected chi connectivity index (χ2v) is 8.53. The quantitative estimate of drug-likeness (QED) is 0.853. The first kappa shape index (κ1) is 19.1. The van der Waals surface area contributed by atoms with Crippen molar-refractivity contribution in [2.75, 3.05) is 26.2 Å². The smallest absolute Gasteiger partial charge is 0.271 e. The number of carbonyl (C=O) groups is 1. The molecule has 5 nitrogen and oxygen atoms in total. The molecule has 1 N–H and O–H groups in total. The molecule has 1 saturated carbocycles. The van der Waals surface area contributed by atoms with E-state index in [2.05, 4.69) is 28.9 Å². The Labute approximate surface area is 165 Å². The van der Waals surface area contributed by atoms with Crippen LogP contribution in [0.15, 0.2) is 30.3 Å². The van der Waals surface area contributed by atoms with Crippen molar-refractivity contribution in [2.45, 2.75) is 39.2 Å². The molecule has 1 aromatic heterocycles. The summed E-state index contributed by atoms with van der Waals surface area (Å²) in [5.74, 6) is 1.08. The summed E-state index contributed by atoms with van der Waals surface area (Å²) in [6.45, 7) is 8.27. The summed E-state index contributed by atoms with van der Waals surface area (Å²) in [7, 11) is 0. The lowest BCUT2D eigenvalue weighted by molar-refractivity contribution is 0.0698. The Morgan fingerprint density at radius 3 is 2.68 bits per heavy atom. The van der Waals surface area contributed by atoms with Crippen LogP contribution in [0, 0.1) is 17.7 Å². The third kappa shape index (κ3) is 4.27. The van der Waals surface area contributed by atoms with Gasteiger partial charge in [0.05, 0.1) is 5.69 Å². The van der Waals surface area contributed by atoms with Gasteiger partial charge in [-0.3, -0.25) is 14.8 Å². The number of hydrogen-bond donors (Lipinski definition) is 1. The average Bonchev–Trinajstić information content (AvgIpc) is 3.41. The molecule has 2 aromatic rings. The summed E-state index contributed by atoms with van der Waals surface area (Å²) in [4.78, 5) is 17.7. The number of carbonyl (C=O) groups excluding carboxylic acids is 1. The van der Waals surface area contributed by atoms with E-state index in [4.69, 9.17) is 0 Å². The number of aromatic amines is 1. The van der Waals surface area contributed by atoms with Gasteiger partial charge >= 0.3 is 0 Å². The van der Waals surface area contributed by atoms with Gasteiger partial charge in [0.25, 0.3) is 5.91 Å². The van der Waals surface area contributed by atoms with Gasteiger partial charge in [-0.1, -0.05) is 13.8 Å². The topological polar surface area (TPSA) is 52.2 Å². The van der Waals surface area contributed by atoms with E-state index in [1.54, 1.807) is 18.2 Å². The van der Waals surface area contributed by atoms with Crippen molar-refractivity contribution in [3.63, 3.8) is 0 Å². The van der Waals surface area contributed by atoms with Gasteiger partial charge < -0.3 is 4.90 Å². The fourth-order valence-electron chi connectivity index (χ4n) is 4.11. The number of benzene rings is 1. The molecule has 4 rings (SSSR count). The Bertz CT molecular complexity index is 812. The molecular weight excluding hydrogens is 355 g/mol. The van der Waals surface area contributed by atoms with Crippen molar-refractivity contribution in [2.24, 2.45) is 11.8 Å². The maximum atomic E-state index is 13.1. The van der Waals surface area contributed by atoms with E-state index in [9.17, 15) is 9.18 Å². The molecule has 2 heterocycles. The minimum Gasteiger partial charge on any atom is -0.336 e. The van der Waals surface area contributed by atoms with Crippen LogP contribution in [0.25, 0.3) is 11.3 Å². The second kappa shape index (κ2) is 8.03. The zero-order chi connectivity index (χ0) is 19.7. The van der Waals surface area contributed by atoms with Crippen LogP contribution in [-0.4, -0.2) is 58.1 Å². The van der Waals surface area contributed by atoms with Crippen molar-refractivity contribution in [1.29, 1.82) is 0 Å². The highest BCUT2D eigenvalue weighted by molar-refractivity contribution is 5.93. The molecule has 1 aliphatic heterocycles. The summed E-state index contributed by atoms with van der Waals surface area (Å²) in [5, 5.41) is 7.15. The van der Waals surface area contributed by atoms with E-state index >= 15 is 0 Å². The largest absolute Gasteiger partial charge is 0.336 e. The highest BCUT2D eigenvalue weighted by Crippen LogP contribution is 2.32. The molecule has 1 aromatic carbocycles. The predicted molar refractivity (Wildman–Crippen MR) is 107 cm³/mol. The number of halogens is 1. The van der Waals surface area contributed by atoms with Crippen molar-refractivity contribution >= 4 is 5.91 Å². The summed E-state index contributed by atoms with van der Waals surface area (Å²) in [6.07, 6.45) is 3.70. The molecule has 2 aliphatic rings. The molecule has 28 heavy (non-hydrogen) atoms. The Hall–Kier alpha value is -2.21. The molecule has 1 saturated heterocycles. The normalized spacial score (nSPS) is 21.1. The second-order valence-electron chi connectivity index (χ2n) is 8.53. The Morgan fingerprint density at radius 1 is 1.25 bits per heavy atom. The van der Waals surface area contributed by atoms with Gasteiger partial charge in [-0.15, -0.1) is 0 Å². The molecule has 0 spiro atoms. The lowest BCUT2D eigenvalue weighted by atomic mass is 10.0. The Kier molecular flexibility index (Phi) is 5.49. The lowest BCUT2D eigenvalue weighted by Crippen LogP contribution is -2.46. The van der Waals surface area contributed by atoms with Crippen LogP contribution in [0.3, 0.4) is 0 Å². The minimum atomic E-state index is -0.282. The number of amides is 1. The molecular formula is C22H29FN4O. The maximum absolute atomic E-state index is 13.1. The summed E-state index contributed by atoms with van der Waals surface area (Å²) in [6, 6.07) is 8.33. The predicted octanol–water partition coefficient (Wildman–Crippen LogP) is 3.80. The number of hydrogen-bond acceptors (Lipinski definition) is 3. The first-order valence-electron chi connectivity index (χ1n) is 10.4. The highest BCUT2D eigenvalue weighted by atomic mass is 19.1. The van der Waals surface area contributed by atoms with E-state index in [-0.39, 0.29) is 11.7 Å². The van der Waals surface area contributed by atoms with E-state index < -0.39 is 0 Å². The van der Waals surface area contributed by atoms with Crippen molar-refractivity contribution in [3.8, 4) is 11.3 Å². The number of nitrogens with zero attached hydrogens (tertiary/aromatic N) is 3. The van der Waals surface area contributed by atoms with Gasteiger partial charge in [0.1, 0.15) is 11.5 Å². The molecule has 1 amide bonds. The van der Waals surface area contributed by atoms with Gasteiger partial charge in [-0.05, 0) is 61.4 Å². The molecule has 150 valence electrons. The van der Waals surface area contributed by atoms with Crippen molar-refractivity contribution in [3.05, 3.63) is 41.8 Å². The zero-order valence-electron chi connectivity index (χ0n) is 16.7. The fraction of sp³-hybridized carbons (Fsp3) is 0.545. The average molecular weight is 384 g/mol. The summed E-state index contributed by atoms with van der Waals surface area (Å²) < 4.78 is 13.1. The van der Waals surface area contributed by atoms with Gasteiger partial charge in [0, 0.05) is 37.8 Å². The first-order valence-corrected chi connectivity index (χ1v) is 10.4. The zero-order valence-corrected chi connectivity index (χ0v) is 16.7. The Balaban J connectivity index is 1.48. The number of rotatable bonds is 5. The number of nitrogens with one attached hydrogen (secondary N) is 1. The summed E-state index contributed by atoms with van der Waals surface area (Å²) >= 11 is 0. The van der Waals surface area contributed by atoms with Crippen LogP contribution in [-0.2, 0) is 0 Å². The molecule has 2 fully saturated rings. The monoisotopic (exact) mass is 384 g/mol. The van der Waals surface area contributed by atoms with Crippen LogP contribution in [0.4, 0.5) is 4.39 Å². The van der Waals surface area contributed by atoms with Gasteiger partial charge in [0.15, 0.2) is 0 Å². The molecule has 1 atom stereocenters. The van der Waals surface area contributed by atoms with E-state index in [0.717, 1.165) is 37.5 Å². The van der Waals surface area contributed by atoms with E-state index in [1.807, 2.05) is 4.90 Å². The van der Waals surface area contributed by atoms with Crippen LogP contribution in [0.5, 0.6) is 0 Å². The van der Waals surface area contributed by atoms with E-state index in [1.165, 1.54) is 31.5 Å². The SMILES string of the molecule is CC(C)[C@@H]1CN(C(=O)c2cc(-c3ccc(F)cc3)n[nH]2)CCCN1CC1CC1. The highest BCUT2D eigenvalue weighted by Gasteiger charge is 2.33. The van der Waals surface area contributed by atoms with Crippen molar-refractivity contribution in [1.82, 2.24) is 20.0 Å². The third-order valence-electron chi connectivity index (χ3n) is 5.94. The lowest BCUT2D eigenvalue weighted by Gasteiger charge is -2.34.